The van der Waals surface area contributed by atoms with Gasteiger partial charge in [0.2, 0.25) is 11.4 Å². The van der Waals surface area contributed by atoms with Gasteiger partial charge in [0, 0.05) is 40.4 Å². The molecule has 0 saturated heterocycles. The van der Waals surface area contributed by atoms with E-state index in [1.165, 1.54) is 6.20 Å². The Balaban J connectivity index is 1.97. The molecule has 0 atom stereocenters. The second-order valence-corrected chi connectivity index (χ2v) is 7.85. The van der Waals surface area contributed by atoms with Crippen molar-refractivity contribution in [2.45, 2.75) is 53.7 Å². The number of pyridine rings is 2. The van der Waals surface area contributed by atoms with E-state index in [1.54, 1.807) is 24.6 Å². The van der Waals surface area contributed by atoms with Gasteiger partial charge in [-0.15, -0.1) is 0 Å². The largest absolute Gasteiger partial charge is 0.437 e. The van der Waals surface area contributed by atoms with E-state index in [0.717, 1.165) is 27.6 Å². The molecule has 0 spiro atoms. The fourth-order valence-electron chi connectivity index (χ4n) is 3.74. The summed E-state index contributed by atoms with van der Waals surface area (Å²) in [6.45, 7) is 0.794. The molecular formula is C26H31N2O+. The molecule has 0 N–H and O–H groups in total. The van der Waals surface area contributed by atoms with Gasteiger partial charge in [0.1, 0.15) is 7.05 Å². The van der Waals surface area contributed by atoms with Crippen LogP contribution in [0.5, 0.6) is 0 Å². The van der Waals surface area contributed by atoms with Crippen molar-refractivity contribution in [2.24, 2.45) is 12.9 Å². The average Bonchev–Trinajstić information content (AvgIpc) is 3.15. The van der Waals surface area contributed by atoms with E-state index in [9.17, 15) is 0 Å². The molecule has 0 aliphatic carbocycles. The Morgan fingerprint density at radius 3 is 2.62 bits per heavy atom. The minimum Gasteiger partial charge on any atom is -0.437 e. The standard InChI is InChI=1S/C26H31N2O/c1-15(2)12-19-14-28(7)23(13-18(19)6)24-17(5)8-9-20-21-10-11-22(16(3)4)27-26(21)29-25(20)24/h8-11,13-16H,12H2,1-7H3/q+1/i1D3,2D3,12D2,15D. The van der Waals surface area contributed by atoms with Crippen molar-refractivity contribution in [3.05, 3.63) is 58.9 Å². The van der Waals surface area contributed by atoms with E-state index in [1.807, 2.05) is 31.2 Å². The summed E-state index contributed by atoms with van der Waals surface area (Å²) in [6.07, 6.45) is -1.65. The summed E-state index contributed by atoms with van der Waals surface area (Å²) in [7, 11) is 1.67. The molecule has 0 bridgehead atoms. The van der Waals surface area contributed by atoms with Gasteiger partial charge in [0.25, 0.3) is 0 Å². The molecule has 4 rings (SSSR count). The molecule has 0 amide bonds. The molecule has 0 aliphatic rings. The summed E-state index contributed by atoms with van der Waals surface area (Å²) in [5, 5.41) is 1.74. The number of hydrogen-bond acceptors (Lipinski definition) is 2. The topological polar surface area (TPSA) is 29.9 Å². The Hall–Kier alpha value is -2.68. The highest BCUT2D eigenvalue weighted by Gasteiger charge is 2.22. The van der Waals surface area contributed by atoms with Crippen LogP contribution in [-0.2, 0) is 13.4 Å². The average molecular weight is 397 g/mol. The Labute approximate surface area is 186 Å². The molecule has 3 aromatic heterocycles. The Bertz CT molecular complexity index is 1530. The number of aryl methyl sites for hydroxylation is 3. The highest BCUT2D eigenvalue weighted by molar-refractivity contribution is 6.08. The molecule has 3 heteroatoms. The zero-order valence-electron chi connectivity index (χ0n) is 26.3. The molecule has 0 aliphatic heterocycles. The van der Waals surface area contributed by atoms with Gasteiger partial charge in [0.05, 0.1) is 5.56 Å². The van der Waals surface area contributed by atoms with E-state index in [2.05, 4.69) is 18.8 Å². The molecule has 0 unspecified atom stereocenters. The van der Waals surface area contributed by atoms with Crippen molar-refractivity contribution in [3.63, 3.8) is 0 Å². The first kappa shape index (κ1) is 11.5. The predicted molar refractivity (Wildman–Crippen MR) is 120 cm³/mol. The van der Waals surface area contributed by atoms with Gasteiger partial charge in [-0.2, -0.15) is 0 Å². The summed E-state index contributed by atoms with van der Waals surface area (Å²) in [6, 6.07) is 9.57. The molecule has 3 heterocycles. The molecule has 0 radical (unpaired) electrons. The fraction of sp³-hybridized carbons (Fsp3) is 0.385. The maximum atomic E-state index is 8.67. The van der Waals surface area contributed by atoms with Crippen LogP contribution in [0.1, 0.15) is 68.2 Å². The third-order valence-electron chi connectivity index (χ3n) is 5.32. The summed E-state index contributed by atoms with van der Waals surface area (Å²) in [5.74, 6) is -3.16. The third-order valence-corrected chi connectivity index (χ3v) is 5.32. The molecule has 1 aromatic carbocycles. The zero-order chi connectivity index (χ0) is 28.6. The maximum Gasteiger partial charge on any atom is 0.227 e. The van der Waals surface area contributed by atoms with Gasteiger partial charge in [0.15, 0.2) is 11.8 Å². The van der Waals surface area contributed by atoms with Crippen LogP contribution >= 0.6 is 0 Å². The van der Waals surface area contributed by atoms with Crippen LogP contribution in [0, 0.1) is 19.7 Å². The first-order valence-electron chi connectivity index (χ1n) is 14.2. The number of nitrogens with zero attached hydrogens (tertiary/aromatic N) is 2. The van der Waals surface area contributed by atoms with Crippen LogP contribution in [0.3, 0.4) is 0 Å². The second-order valence-electron chi connectivity index (χ2n) is 7.85. The van der Waals surface area contributed by atoms with Gasteiger partial charge in [-0.1, -0.05) is 39.7 Å². The van der Waals surface area contributed by atoms with Crippen LogP contribution in [-0.4, -0.2) is 4.98 Å². The van der Waals surface area contributed by atoms with Crippen LogP contribution in [0.4, 0.5) is 0 Å². The molecule has 150 valence electrons. The predicted octanol–water partition coefficient (Wildman–Crippen LogP) is 6.41. The normalized spacial score (nSPS) is 18.3. The van der Waals surface area contributed by atoms with Crippen molar-refractivity contribution >= 4 is 22.1 Å². The van der Waals surface area contributed by atoms with Crippen molar-refractivity contribution in [1.82, 2.24) is 4.98 Å². The third kappa shape index (κ3) is 3.43. The van der Waals surface area contributed by atoms with Crippen LogP contribution in [0.2, 0.25) is 0 Å². The number of rotatable bonds is 4. The second kappa shape index (κ2) is 7.29. The van der Waals surface area contributed by atoms with Gasteiger partial charge in [-0.3, -0.25) is 0 Å². The maximum absolute atomic E-state index is 8.67. The Morgan fingerprint density at radius 1 is 1.14 bits per heavy atom. The molecule has 4 aromatic rings. The summed E-state index contributed by atoms with van der Waals surface area (Å²) >= 11 is 0. The summed E-state index contributed by atoms with van der Waals surface area (Å²) in [4.78, 5) is 4.69. The summed E-state index contributed by atoms with van der Waals surface area (Å²) < 4.78 is 80.4. The molecule has 0 saturated carbocycles. The lowest BCUT2D eigenvalue weighted by Gasteiger charge is -2.11. The van der Waals surface area contributed by atoms with Gasteiger partial charge in [-0.25, -0.2) is 9.55 Å². The van der Waals surface area contributed by atoms with Crippen LogP contribution in [0.15, 0.2) is 40.9 Å². The van der Waals surface area contributed by atoms with Crippen molar-refractivity contribution in [2.75, 3.05) is 0 Å². The fourth-order valence-corrected chi connectivity index (χ4v) is 3.74. The smallest absolute Gasteiger partial charge is 0.227 e. The van der Waals surface area contributed by atoms with Crippen molar-refractivity contribution in [3.8, 4) is 11.3 Å². The number of aromatic nitrogens is 2. The first-order valence-corrected chi connectivity index (χ1v) is 9.67. The van der Waals surface area contributed by atoms with Crippen molar-refractivity contribution in [1.29, 1.82) is 0 Å². The van der Waals surface area contributed by atoms with E-state index in [-0.39, 0.29) is 11.5 Å². The minimum atomic E-state index is -3.41. The van der Waals surface area contributed by atoms with E-state index in [0.29, 0.717) is 22.6 Å². The monoisotopic (exact) mass is 396 g/mol. The van der Waals surface area contributed by atoms with Gasteiger partial charge < -0.3 is 4.42 Å². The Morgan fingerprint density at radius 2 is 1.90 bits per heavy atom. The SMILES string of the molecule is [2H]C([2H])([2H])C([2H])(C([2H])([2H])[2H])C([2H])([2H])c1c[n+](C)c(-c2c(C)ccc3c2oc2nc(C(C)C)ccc23)cc1C. The van der Waals surface area contributed by atoms with E-state index >= 15 is 0 Å². The quantitative estimate of drug-likeness (QED) is 0.373. The lowest BCUT2D eigenvalue weighted by Crippen LogP contribution is -2.32. The lowest BCUT2D eigenvalue weighted by molar-refractivity contribution is -0.660. The number of benzene rings is 1. The highest BCUT2D eigenvalue weighted by atomic mass is 16.3. The van der Waals surface area contributed by atoms with E-state index in [4.69, 9.17) is 16.8 Å². The minimum absolute atomic E-state index is 0.177. The number of hydrogen-bond donors (Lipinski definition) is 0. The molecule has 0 fully saturated rings. The molecular weight excluding hydrogens is 356 g/mol. The van der Waals surface area contributed by atoms with Crippen molar-refractivity contribution < 1.29 is 21.3 Å². The molecule has 3 nitrogen and oxygen atoms in total. The van der Waals surface area contributed by atoms with E-state index < -0.39 is 26.0 Å². The van der Waals surface area contributed by atoms with Gasteiger partial charge in [-0.05, 0) is 55.3 Å². The Kier molecular flexibility index (Phi) is 2.89. The van der Waals surface area contributed by atoms with Crippen LogP contribution in [0.25, 0.3) is 33.3 Å². The number of fused-ring (bicyclic) bond motifs is 3. The first-order chi connectivity index (χ1) is 17.3. The lowest BCUT2D eigenvalue weighted by atomic mass is 9.96. The molecule has 29 heavy (non-hydrogen) atoms. The number of furan rings is 1. The van der Waals surface area contributed by atoms with Crippen LogP contribution < -0.4 is 4.57 Å². The summed E-state index contributed by atoms with van der Waals surface area (Å²) in [5.41, 5.74) is 4.49. The zero-order valence-corrected chi connectivity index (χ0v) is 17.3. The van der Waals surface area contributed by atoms with Gasteiger partial charge >= 0.3 is 0 Å². The highest BCUT2D eigenvalue weighted by Crippen LogP contribution is 2.37.